The molecule has 4 rings (SSSR count). The Kier molecular flexibility index (Phi) is 5.04. The molecule has 1 aromatic heterocycles. The standard InChI is InChI=1S/C25H24N2O3/c1-25(2,3)20-15-13-18(14-16-20)17-30-27-22-12-8-7-11-21(22)26(29)23(24(27)28)19-9-5-4-6-10-19/h4-16H,17H2,1-3H3. The molecule has 0 amide bonds. The van der Waals surface area contributed by atoms with Crippen LogP contribution in [0.4, 0.5) is 0 Å². The smallest absolute Gasteiger partial charge is 0.357 e. The van der Waals surface area contributed by atoms with Crippen molar-refractivity contribution in [3.63, 3.8) is 0 Å². The maximum atomic E-state index is 13.2. The Hall–Kier alpha value is -3.60. The monoisotopic (exact) mass is 400 g/mol. The van der Waals surface area contributed by atoms with Gasteiger partial charge in [-0.25, -0.2) is 0 Å². The van der Waals surface area contributed by atoms with Crippen LogP contribution in [0.25, 0.3) is 22.3 Å². The fraction of sp³-hybridized carbons (Fsp3) is 0.200. The van der Waals surface area contributed by atoms with E-state index in [1.54, 1.807) is 48.5 Å². The van der Waals surface area contributed by atoms with Crippen molar-refractivity contribution >= 4 is 11.0 Å². The third-order valence-electron chi connectivity index (χ3n) is 5.14. The van der Waals surface area contributed by atoms with Crippen LogP contribution in [0, 0.1) is 5.21 Å². The van der Waals surface area contributed by atoms with Gasteiger partial charge in [-0.3, -0.25) is 4.79 Å². The normalized spacial score (nSPS) is 11.6. The van der Waals surface area contributed by atoms with Gasteiger partial charge in [0.05, 0.1) is 5.56 Å². The van der Waals surface area contributed by atoms with E-state index in [4.69, 9.17) is 4.84 Å². The van der Waals surface area contributed by atoms with E-state index in [9.17, 15) is 10.0 Å². The van der Waals surface area contributed by atoms with Gasteiger partial charge >= 0.3 is 5.56 Å². The molecular formula is C25H24N2O3. The van der Waals surface area contributed by atoms with Crippen LogP contribution in [0.3, 0.4) is 0 Å². The molecule has 0 aliphatic carbocycles. The highest BCUT2D eigenvalue weighted by Gasteiger charge is 2.23. The largest absolute Gasteiger partial charge is 0.618 e. The average Bonchev–Trinajstić information content (AvgIpc) is 2.74. The summed E-state index contributed by atoms with van der Waals surface area (Å²) in [5.41, 5.74) is 3.15. The summed E-state index contributed by atoms with van der Waals surface area (Å²) in [6, 6.07) is 24.0. The van der Waals surface area contributed by atoms with Crippen molar-refractivity contribution in [1.29, 1.82) is 0 Å². The first-order valence-electron chi connectivity index (χ1n) is 9.92. The molecular weight excluding hydrogens is 376 g/mol. The third-order valence-corrected chi connectivity index (χ3v) is 5.14. The van der Waals surface area contributed by atoms with Crippen LogP contribution in [0.5, 0.6) is 0 Å². The minimum Gasteiger partial charge on any atom is -0.618 e. The Morgan fingerprint density at radius 2 is 1.53 bits per heavy atom. The van der Waals surface area contributed by atoms with Gasteiger partial charge in [-0.1, -0.05) is 75.4 Å². The highest BCUT2D eigenvalue weighted by atomic mass is 16.7. The highest BCUT2D eigenvalue weighted by Crippen LogP contribution is 2.22. The number of hydrogen-bond donors (Lipinski definition) is 0. The summed E-state index contributed by atoms with van der Waals surface area (Å²) in [5, 5.41) is 13.0. The molecule has 0 atom stereocenters. The summed E-state index contributed by atoms with van der Waals surface area (Å²) in [4.78, 5) is 19.2. The number of rotatable bonds is 4. The highest BCUT2D eigenvalue weighted by molar-refractivity contribution is 5.73. The lowest BCUT2D eigenvalue weighted by atomic mass is 9.87. The zero-order valence-electron chi connectivity index (χ0n) is 17.3. The molecule has 0 fully saturated rings. The molecule has 0 unspecified atom stereocenters. The molecule has 0 saturated carbocycles. The van der Waals surface area contributed by atoms with E-state index in [1.165, 1.54) is 10.3 Å². The van der Waals surface area contributed by atoms with E-state index < -0.39 is 5.56 Å². The van der Waals surface area contributed by atoms with Crippen molar-refractivity contribution in [2.45, 2.75) is 32.8 Å². The van der Waals surface area contributed by atoms with Crippen molar-refractivity contribution in [2.75, 3.05) is 0 Å². The molecule has 0 bridgehead atoms. The molecule has 0 aliphatic rings. The second-order valence-corrected chi connectivity index (χ2v) is 8.32. The van der Waals surface area contributed by atoms with Crippen LogP contribution in [0.2, 0.25) is 0 Å². The minimum absolute atomic E-state index is 0.0392. The number of hydrogen-bond acceptors (Lipinski definition) is 3. The molecule has 4 aromatic rings. The second kappa shape index (κ2) is 7.67. The molecule has 0 saturated heterocycles. The molecule has 30 heavy (non-hydrogen) atoms. The Morgan fingerprint density at radius 1 is 0.900 bits per heavy atom. The average molecular weight is 400 g/mol. The number of nitrogens with zero attached hydrogens (tertiary/aromatic N) is 2. The summed E-state index contributed by atoms with van der Waals surface area (Å²) in [5.74, 6) is 0. The molecule has 1 heterocycles. The van der Waals surface area contributed by atoms with Gasteiger partial charge in [0.15, 0.2) is 5.52 Å². The number of fused-ring (bicyclic) bond motifs is 1. The summed E-state index contributed by atoms with van der Waals surface area (Å²) < 4.78 is 1.91. The molecule has 152 valence electrons. The van der Waals surface area contributed by atoms with Gasteiger partial charge in [-0.15, -0.1) is 4.73 Å². The minimum atomic E-state index is -0.485. The zero-order valence-corrected chi connectivity index (χ0v) is 17.3. The molecule has 0 radical (unpaired) electrons. The van der Waals surface area contributed by atoms with Gasteiger partial charge in [-0.05, 0) is 34.7 Å². The van der Waals surface area contributed by atoms with E-state index in [2.05, 4.69) is 32.9 Å². The van der Waals surface area contributed by atoms with Crippen molar-refractivity contribution in [3.8, 4) is 11.3 Å². The van der Waals surface area contributed by atoms with Crippen molar-refractivity contribution < 1.29 is 9.57 Å². The second-order valence-electron chi connectivity index (χ2n) is 8.32. The first-order chi connectivity index (χ1) is 14.4. The number of para-hydroxylation sites is 2. The van der Waals surface area contributed by atoms with Gasteiger partial charge in [-0.2, -0.15) is 4.73 Å². The Bertz CT molecular complexity index is 1240. The maximum absolute atomic E-state index is 13.2. The van der Waals surface area contributed by atoms with Crippen LogP contribution < -0.4 is 15.1 Å². The van der Waals surface area contributed by atoms with E-state index in [-0.39, 0.29) is 17.7 Å². The van der Waals surface area contributed by atoms with Crippen LogP contribution in [0.1, 0.15) is 31.9 Å². The molecule has 0 spiro atoms. The summed E-state index contributed by atoms with van der Waals surface area (Å²) in [6.07, 6.45) is 0. The van der Waals surface area contributed by atoms with Gasteiger partial charge < -0.3 is 10.0 Å². The van der Waals surface area contributed by atoms with Crippen molar-refractivity contribution in [2.24, 2.45) is 0 Å². The molecule has 0 aliphatic heterocycles. The van der Waals surface area contributed by atoms with Gasteiger partial charge in [0, 0.05) is 6.07 Å². The summed E-state index contributed by atoms with van der Waals surface area (Å²) in [6.45, 7) is 6.71. The maximum Gasteiger partial charge on any atom is 0.357 e. The summed E-state index contributed by atoms with van der Waals surface area (Å²) in [7, 11) is 0. The predicted molar refractivity (Wildman–Crippen MR) is 118 cm³/mol. The molecule has 3 aromatic carbocycles. The van der Waals surface area contributed by atoms with Crippen molar-refractivity contribution in [1.82, 2.24) is 4.73 Å². The lowest BCUT2D eigenvalue weighted by Gasteiger charge is -2.19. The quantitative estimate of drug-likeness (QED) is 0.381. The van der Waals surface area contributed by atoms with E-state index in [0.717, 1.165) is 5.56 Å². The van der Waals surface area contributed by atoms with Crippen LogP contribution in [-0.2, 0) is 12.0 Å². The Balaban J connectivity index is 1.76. The third kappa shape index (κ3) is 3.66. The van der Waals surface area contributed by atoms with Crippen molar-refractivity contribution in [3.05, 3.63) is 106 Å². The van der Waals surface area contributed by atoms with E-state index in [1.807, 2.05) is 18.2 Å². The van der Waals surface area contributed by atoms with Crippen LogP contribution >= 0.6 is 0 Å². The molecule has 0 N–H and O–H groups in total. The Labute approximate surface area is 175 Å². The Morgan fingerprint density at radius 3 is 2.20 bits per heavy atom. The number of benzene rings is 3. The fourth-order valence-corrected chi connectivity index (χ4v) is 3.43. The predicted octanol–water partition coefficient (Wildman–Crippen LogP) is 4.23. The number of aromatic nitrogens is 2. The first kappa shape index (κ1) is 19.7. The molecule has 5 nitrogen and oxygen atoms in total. The zero-order chi connectivity index (χ0) is 21.3. The van der Waals surface area contributed by atoms with Crippen LogP contribution in [-0.4, -0.2) is 4.73 Å². The first-order valence-corrected chi connectivity index (χ1v) is 9.92. The SMILES string of the molecule is CC(C)(C)c1ccc(COn2c(=O)c(-c3ccccc3)[n+]([O-])c3ccccc32)cc1. The lowest BCUT2D eigenvalue weighted by Crippen LogP contribution is -2.42. The van der Waals surface area contributed by atoms with Gasteiger partial charge in [0.1, 0.15) is 6.61 Å². The van der Waals surface area contributed by atoms with Gasteiger partial charge in [0.25, 0.3) is 5.69 Å². The lowest BCUT2D eigenvalue weighted by molar-refractivity contribution is -0.566. The summed E-state index contributed by atoms with van der Waals surface area (Å²) >= 11 is 0. The topological polar surface area (TPSA) is 58.2 Å². The van der Waals surface area contributed by atoms with E-state index in [0.29, 0.717) is 21.3 Å². The molecule has 5 heteroatoms. The van der Waals surface area contributed by atoms with E-state index >= 15 is 0 Å². The fourth-order valence-electron chi connectivity index (χ4n) is 3.43. The van der Waals surface area contributed by atoms with Crippen LogP contribution in [0.15, 0.2) is 83.7 Å². The van der Waals surface area contributed by atoms with Gasteiger partial charge in [0.2, 0.25) is 5.52 Å².